The summed E-state index contributed by atoms with van der Waals surface area (Å²) in [4.78, 5) is 29.5. The Labute approximate surface area is 184 Å². The van der Waals surface area contributed by atoms with E-state index in [0.29, 0.717) is 18.0 Å². The second kappa shape index (κ2) is 10.9. The molecule has 3 rings (SSSR count). The van der Waals surface area contributed by atoms with Crippen molar-refractivity contribution < 1.29 is 14.3 Å². The van der Waals surface area contributed by atoms with Crippen LogP contribution in [0, 0.1) is 0 Å². The van der Waals surface area contributed by atoms with E-state index in [1.807, 2.05) is 55.5 Å². The van der Waals surface area contributed by atoms with Gasteiger partial charge < -0.3 is 15.4 Å². The fourth-order valence-electron chi connectivity index (χ4n) is 3.80. The highest BCUT2D eigenvalue weighted by molar-refractivity contribution is 5.96. The maximum Gasteiger partial charge on any atom is 0.241 e. The van der Waals surface area contributed by atoms with Crippen molar-refractivity contribution in [3.63, 3.8) is 0 Å². The van der Waals surface area contributed by atoms with Crippen LogP contribution in [0.15, 0.2) is 48.5 Å². The maximum absolute atomic E-state index is 12.7. The van der Waals surface area contributed by atoms with Gasteiger partial charge in [-0.1, -0.05) is 37.3 Å². The van der Waals surface area contributed by atoms with Gasteiger partial charge in [0.2, 0.25) is 11.8 Å². The zero-order valence-electron chi connectivity index (χ0n) is 18.6. The molecule has 0 aromatic heterocycles. The molecule has 2 N–H and O–H groups in total. The number of nitrogens with zero attached hydrogens (tertiary/aromatic N) is 2. The molecule has 0 radical (unpaired) electrons. The number of hydrogen-bond acceptors (Lipinski definition) is 5. The van der Waals surface area contributed by atoms with E-state index >= 15 is 0 Å². The molecule has 2 aromatic carbocycles. The van der Waals surface area contributed by atoms with Crippen molar-refractivity contribution >= 4 is 23.2 Å². The molecule has 7 heteroatoms. The van der Waals surface area contributed by atoms with Gasteiger partial charge in [-0.25, -0.2) is 0 Å². The van der Waals surface area contributed by atoms with Crippen LogP contribution in [0.25, 0.3) is 0 Å². The highest BCUT2D eigenvalue weighted by Crippen LogP contribution is 2.23. The molecule has 1 aliphatic rings. The zero-order valence-corrected chi connectivity index (χ0v) is 18.6. The number of benzene rings is 2. The van der Waals surface area contributed by atoms with E-state index in [0.717, 1.165) is 43.9 Å². The van der Waals surface area contributed by atoms with Gasteiger partial charge in [-0.05, 0) is 37.1 Å². The number of methoxy groups -OCH3 is 1. The van der Waals surface area contributed by atoms with Gasteiger partial charge >= 0.3 is 0 Å². The summed E-state index contributed by atoms with van der Waals surface area (Å²) in [6.07, 6.45) is 0.879. The van der Waals surface area contributed by atoms with Gasteiger partial charge in [0.25, 0.3) is 0 Å². The number of carbonyl (C=O) groups is 2. The largest absolute Gasteiger partial charge is 0.495 e. The summed E-state index contributed by atoms with van der Waals surface area (Å²) in [5, 5.41) is 5.99. The molecule has 0 saturated carbocycles. The Morgan fingerprint density at radius 2 is 1.61 bits per heavy atom. The van der Waals surface area contributed by atoms with Crippen molar-refractivity contribution in [2.75, 3.05) is 50.5 Å². The Hall–Kier alpha value is -2.90. The molecule has 1 fully saturated rings. The molecule has 1 aliphatic heterocycles. The molecule has 1 atom stereocenters. The third-order valence-electron chi connectivity index (χ3n) is 5.74. The number of nitrogens with one attached hydrogen (secondary N) is 2. The number of aryl methyl sites for hydroxylation is 1. The molecular weight excluding hydrogens is 392 g/mol. The number of rotatable bonds is 8. The van der Waals surface area contributed by atoms with Crippen LogP contribution < -0.4 is 15.4 Å². The van der Waals surface area contributed by atoms with Crippen LogP contribution in [0.4, 0.5) is 11.4 Å². The average molecular weight is 425 g/mol. The summed E-state index contributed by atoms with van der Waals surface area (Å²) in [5.41, 5.74) is 2.69. The van der Waals surface area contributed by atoms with E-state index in [9.17, 15) is 9.59 Å². The minimum atomic E-state index is -0.266. The molecule has 2 aromatic rings. The molecule has 2 amide bonds. The quantitative estimate of drug-likeness (QED) is 0.682. The standard InChI is InChI=1S/C24H32N4O3/c1-4-19-9-5-6-10-20(19)25-23(29)17-27-13-15-28(16-14-27)18(2)24(30)26-21-11-7-8-12-22(21)31-3/h5-12,18H,4,13-17H2,1-3H3,(H,25,29)(H,26,30)/t18-/m0/s1. The Morgan fingerprint density at radius 3 is 2.29 bits per heavy atom. The van der Waals surface area contributed by atoms with Crippen molar-refractivity contribution in [2.24, 2.45) is 0 Å². The molecular formula is C24H32N4O3. The highest BCUT2D eigenvalue weighted by atomic mass is 16.5. The molecule has 0 bridgehead atoms. The Bertz CT molecular complexity index is 894. The van der Waals surface area contributed by atoms with Gasteiger partial charge in [0.1, 0.15) is 5.75 Å². The van der Waals surface area contributed by atoms with Gasteiger partial charge in [0.05, 0.1) is 25.4 Å². The first-order chi connectivity index (χ1) is 15.0. The van der Waals surface area contributed by atoms with Crippen LogP contribution >= 0.6 is 0 Å². The van der Waals surface area contributed by atoms with E-state index in [1.165, 1.54) is 0 Å². The van der Waals surface area contributed by atoms with Gasteiger partial charge in [0.15, 0.2) is 0 Å². The smallest absolute Gasteiger partial charge is 0.241 e. The van der Waals surface area contributed by atoms with E-state index in [1.54, 1.807) is 7.11 Å². The predicted octanol–water partition coefficient (Wildman–Crippen LogP) is 2.84. The van der Waals surface area contributed by atoms with Crippen molar-refractivity contribution in [2.45, 2.75) is 26.3 Å². The number of para-hydroxylation sites is 3. The molecule has 0 unspecified atom stereocenters. The topological polar surface area (TPSA) is 73.9 Å². The molecule has 0 aliphatic carbocycles. The molecule has 1 heterocycles. The van der Waals surface area contributed by atoms with Crippen molar-refractivity contribution in [1.82, 2.24) is 9.80 Å². The van der Waals surface area contributed by atoms with E-state index in [2.05, 4.69) is 27.4 Å². The first-order valence-corrected chi connectivity index (χ1v) is 10.8. The van der Waals surface area contributed by atoms with Gasteiger partial charge in [-0.2, -0.15) is 0 Å². The lowest BCUT2D eigenvalue weighted by molar-refractivity contribution is -0.122. The lowest BCUT2D eigenvalue weighted by Gasteiger charge is -2.37. The Balaban J connectivity index is 1.47. The summed E-state index contributed by atoms with van der Waals surface area (Å²) in [7, 11) is 1.59. The number of piperazine rings is 1. The van der Waals surface area contributed by atoms with Crippen LogP contribution in [0.5, 0.6) is 5.75 Å². The van der Waals surface area contributed by atoms with Gasteiger partial charge in [-0.15, -0.1) is 0 Å². The van der Waals surface area contributed by atoms with E-state index in [4.69, 9.17) is 4.74 Å². The fraction of sp³-hybridized carbons (Fsp3) is 0.417. The van der Waals surface area contributed by atoms with Crippen molar-refractivity contribution in [1.29, 1.82) is 0 Å². The van der Waals surface area contributed by atoms with Crippen LogP contribution in [0.3, 0.4) is 0 Å². The summed E-state index contributed by atoms with van der Waals surface area (Å²) in [5.74, 6) is 0.576. The van der Waals surface area contributed by atoms with Gasteiger partial charge in [-0.3, -0.25) is 19.4 Å². The van der Waals surface area contributed by atoms with E-state index < -0.39 is 0 Å². The van der Waals surface area contributed by atoms with Crippen molar-refractivity contribution in [3.8, 4) is 5.75 Å². The van der Waals surface area contributed by atoms with Gasteiger partial charge in [0, 0.05) is 31.9 Å². The number of carbonyl (C=O) groups excluding carboxylic acids is 2. The summed E-state index contributed by atoms with van der Waals surface area (Å²) >= 11 is 0. The zero-order chi connectivity index (χ0) is 22.2. The van der Waals surface area contributed by atoms with Crippen LogP contribution in [0.1, 0.15) is 19.4 Å². The average Bonchev–Trinajstić information content (AvgIpc) is 2.79. The summed E-state index contributed by atoms with van der Waals surface area (Å²) in [6.45, 7) is 7.31. The normalized spacial score (nSPS) is 15.8. The lowest BCUT2D eigenvalue weighted by Crippen LogP contribution is -2.53. The predicted molar refractivity (Wildman–Crippen MR) is 124 cm³/mol. The van der Waals surface area contributed by atoms with Crippen LogP contribution in [-0.2, 0) is 16.0 Å². The van der Waals surface area contributed by atoms with Crippen LogP contribution in [0.2, 0.25) is 0 Å². The van der Waals surface area contributed by atoms with Crippen LogP contribution in [-0.4, -0.2) is 67.5 Å². The lowest BCUT2D eigenvalue weighted by atomic mass is 10.1. The van der Waals surface area contributed by atoms with Crippen molar-refractivity contribution in [3.05, 3.63) is 54.1 Å². The first kappa shape index (κ1) is 22.8. The Morgan fingerprint density at radius 1 is 0.968 bits per heavy atom. The molecule has 7 nitrogen and oxygen atoms in total. The molecule has 166 valence electrons. The highest BCUT2D eigenvalue weighted by Gasteiger charge is 2.26. The molecule has 1 saturated heterocycles. The molecule has 31 heavy (non-hydrogen) atoms. The minimum Gasteiger partial charge on any atom is -0.495 e. The second-order valence-electron chi connectivity index (χ2n) is 7.74. The summed E-state index contributed by atoms with van der Waals surface area (Å²) < 4.78 is 5.31. The third-order valence-corrected chi connectivity index (χ3v) is 5.74. The molecule has 0 spiro atoms. The second-order valence-corrected chi connectivity index (χ2v) is 7.74. The monoisotopic (exact) mass is 424 g/mol. The first-order valence-electron chi connectivity index (χ1n) is 10.8. The minimum absolute atomic E-state index is 0.00341. The number of amides is 2. The number of hydrogen-bond donors (Lipinski definition) is 2. The Kier molecular flexibility index (Phi) is 8.03. The van der Waals surface area contributed by atoms with E-state index in [-0.39, 0.29) is 17.9 Å². The third kappa shape index (κ3) is 6.06. The number of anilines is 2. The fourth-order valence-corrected chi connectivity index (χ4v) is 3.80. The SMILES string of the molecule is CCc1ccccc1NC(=O)CN1CCN([C@@H](C)C(=O)Nc2ccccc2OC)CC1. The summed E-state index contributed by atoms with van der Waals surface area (Å²) in [6, 6.07) is 15.0. The number of ether oxygens (including phenoxy) is 1. The maximum atomic E-state index is 12.7.